The Morgan fingerprint density at radius 3 is 2.52 bits per heavy atom. The van der Waals surface area contributed by atoms with Crippen molar-refractivity contribution in [3.8, 4) is 11.8 Å². The third kappa shape index (κ3) is 3.70. The molecule has 136 valence electrons. The van der Waals surface area contributed by atoms with Crippen LogP contribution in [0.5, 0.6) is 5.75 Å². The Morgan fingerprint density at radius 2 is 1.81 bits per heavy atom. The first-order valence-electron chi connectivity index (χ1n) is 9.11. The molecule has 4 rings (SSSR count). The number of aromatic amines is 1. The molecule has 1 aliphatic rings. The minimum Gasteiger partial charge on any atom is -0.489 e. The summed E-state index contributed by atoms with van der Waals surface area (Å²) in [5.74, 6) is 1.14. The van der Waals surface area contributed by atoms with Gasteiger partial charge in [-0.1, -0.05) is 23.7 Å². The number of aromatic nitrogens is 1. The molecule has 1 N–H and O–H groups in total. The number of H-pyrrole nitrogens is 1. The van der Waals surface area contributed by atoms with Crippen LogP contribution in [-0.4, -0.2) is 11.1 Å². The highest BCUT2D eigenvalue weighted by atomic mass is 35.5. The molecule has 2 aromatic carbocycles. The Labute approximate surface area is 162 Å². The molecule has 0 unspecified atom stereocenters. The number of hydrogen-bond donors (Lipinski definition) is 1. The highest BCUT2D eigenvalue weighted by molar-refractivity contribution is 6.32. The largest absolute Gasteiger partial charge is 0.489 e. The Bertz CT molecular complexity index is 1060. The number of ether oxygens (including phenoxy) is 1. The van der Waals surface area contributed by atoms with Crippen molar-refractivity contribution in [2.75, 3.05) is 0 Å². The molecule has 3 aromatic rings. The van der Waals surface area contributed by atoms with Crippen molar-refractivity contribution in [3.05, 3.63) is 75.2 Å². The van der Waals surface area contributed by atoms with E-state index in [1.807, 2.05) is 24.3 Å². The van der Waals surface area contributed by atoms with E-state index in [-0.39, 0.29) is 11.7 Å². The van der Waals surface area contributed by atoms with Gasteiger partial charge in [-0.05, 0) is 72.9 Å². The van der Waals surface area contributed by atoms with Gasteiger partial charge in [0.1, 0.15) is 5.75 Å². The Balaban J connectivity index is 1.44. The molecular formula is C22H19ClN2O2. The van der Waals surface area contributed by atoms with Gasteiger partial charge in [0.15, 0.2) is 0 Å². The molecular weight excluding hydrogens is 360 g/mol. The van der Waals surface area contributed by atoms with Gasteiger partial charge in [-0.2, -0.15) is 5.26 Å². The summed E-state index contributed by atoms with van der Waals surface area (Å²) >= 11 is 6.34. The molecule has 1 heterocycles. The lowest BCUT2D eigenvalue weighted by Crippen LogP contribution is -2.23. The molecule has 4 nitrogen and oxygen atoms in total. The zero-order valence-electron chi connectivity index (χ0n) is 14.7. The highest BCUT2D eigenvalue weighted by Crippen LogP contribution is 2.36. The number of benzene rings is 2. The molecule has 0 saturated heterocycles. The van der Waals surface area contributed by atoms with Crippen LogP contribution in [0.25, 0.3) is 10.8 Å². The van der Waals surface area contributed by atoms with Crippen molar-refractivity contribution in [1.82, 2.24) is 4.98 Å². The quantitative estimate of drug-likeness (QED) is 0.684. The zero-order chi connectivity index (χ0) is 18.8. The van der Waals surface area contributed by atoms with Gasteiger partial charge >= 0.3 is 0 Å². The Kier molecular flexibility index (Phi) is 4.87. The van der Waals surface area contributed by atoms with Crippen molar-refractivity contribution in [3.63, 3.8) is 0 Å². The molecule has 0 radical (unpaired) electrons. The van der Waals surface area contributed by atoms with Gasteiger partial charge in [0.2, 0.25) is 0 Å². The van der Waals surface area contributed by atoms with E-state index in [1.54, 1.807) is 12.3 Å². The SMILES string of the molecule is N#Cc1ccc(C2CCC(Oc3cc4cc[nH]c(=O)c4cc3Cl)CC2)cc1. The van der Waals surface area contributed by atoms with Crippen LogP contribution in [-0.2, 0) is 0 Å². The van der Waals surface area contributed by atoms with Crippen LogP contribution >= 0.6 is 11.6 Å². The van der Waals surface area contributed by atoms with E-state index in [0.717, 1.165) is 31.1 Å². The standard InChI is InChI=1S/C22H19ClN2O2/c23-20-12-19-17(9-10-25-22(19)26)11-21(20)27-18-7-5-16(6-8-18)15-3-1-14(13-24)2-4-15/h1-4,9-12,16,18H,5-8H2,(H,25,26). The zero-order valence-corrected chi connectivity index (χ0v) is 15.5. The molecule has 0 spiro atoms. The maximum Gasteiger partial charge on any atom is 0.255 e. The number of hydrogen-bond acceptors (Lipinski definition) is 3. The van der Waals surface area contributed by atoms with Crippen molar-refractivity contribution < 1.29 is 4.74 Å². The maximum atomic E-state index is 11.9. The summed E-state index contributed by atoms with van der Waals surface area (Å²) in [4.78, 5) is 14.5. The van der Waals surface area contributed by atoms with Crippen LogP contribution in [0.2, 0.25) is 5.02 Å². The number of fused-ring (bicyclic) bond motifs is 1. The highest BCUT2D eigenvalue weighted by Gasteiger charge is 2.24. The summed E-state index contributed by atoms with van der Waals surface area (Å²) in [5, 5.41) is 10.8. The van der Waals surface area contributed by atoms with E-state index >= 15 is 0 Å². The van der Waals surface area contributed by atoms with Crippen LogP contribution < -0.4 is 10.3 Å². The molecule has 0 atom stereocenters. The minimum absolute atomic E-state index is 0.122. The summed E-state index contributed by atoms with van der Waals surface area (Å²) in [6, 6.07) is 15.4. The first kappa shape index (κ1) is 17.6. The van der Waals surface area contributed by atoms with Crippen LogP contribution in [0, 0.1) is 11.3 Å². The van der Waals surface area contributed by atoms with E-state index in [0.29, 0.717) is 27.6 Å². The Morgan fingerprint density at radius 1 is 1.07 bits per heavy atom. The minimum atomic E-state index is -0.149. The van der Waals surface area contributed by atoms with Crippen molar-refractivity contribution in [2.24, 2.45) is 0 Å². The van der Waals surface area contributed by atoms with Gasteiger partial charge in [0, 0.05) is 11.6 Å². The summed E-state index contributed by atoms with van der Waals surface area (Å²) in [6.45, 7) is 0. The number of pyridine rings is 1. The number of nitrogens with zero attached hydrogens (tertiary/aromatic N) is 1. The lowest BCUT2D eigenvalue weighted by molar-refractivity contribution is 0.147. The number of nitriles is 1. The summed E-state index contributed by atoms with van der Waals surface area (Å²) in [6.07, 6.45) is 5.74. The maximum absolute atomic E-state index is 11.9. The lowest BCUT2D eigenvalue weighted by Gasteiger charge is -2.29. The third-order valence-electron chi connectivity index (χ3n) is 5.31. The molecule has 1 fully saturated rings. The van der Waals surface area contributed by atoms with E-state index in [9.17, 15) is 4.79 Å². The summed E-state index contributed by atoms with van der Waals surface area (Å²) < 4.78 is 6.17. The van der Waals surface area contributed by atoms with Gasteiger partial charge in [0.25, 0.3) is 5.56 Å². The van der Waals surface area contributed by atoms with Gasteiger partial charge in [-0.25, -0.2) is 0 Å². The van der Waals surface area contributed by atoms with Crippen LogP contribution in [0.3, 0.4) is 0 Å². The second-order valence-electron chi connectivity index (χ2n) is 7.00. The molecule has 1 aliphatic carbocycles. The van der Waals surface area contributed by atoms with E-state index in [1.165, 1.54) is 5.56 Å². The molecule has 1 saturated carbocycles. The monoisotopic (exact) mass is 378 g/mol. The third-order valence-corrected chi connectivity index (χ3v) is 5.60. The molecule has 5 heteroatoms. The van der Waals surface area contributed by atoms with Gasteiger partial charge in [-0.3, -0.25) is 4.79 Å². The first-order chi connectivity index (χ1) is 13.1. The summed E-state index contributed by atoms with van der Waals surface area (Å²) in [7, 11) is 0. The van der Waals surface area contributed by atoms with Crippen LogP contribution in [0.4, 0.5) is 0 Å². The van der Waals surface area contributed by atoms with E-state index in [2.05, 4.69) is 23.2 Å². The van der Waals surface area contributed by atoms with Crippen molar-refractivity contribution in [2.45, 2.75) is 37.7 Å². The predicted molar refractivity (Wildman–Crippen MR) is 106 cm³/mol. The average Bonchev–Trinajstić information content (AvgIpc) is 2.70. The number of rotatable bonds is 3. The normalized spacial score (nSPS) is 19.6. The fourth-order valence-corrected chi connectivity index (χ4v) is 4.01. The number of nitrogens with one attached hydrogen (secondary N) is 1. The molecule has 0 amide bonds. The Hall–Kier alpha value is -2.77. The average molecular weight is 379 g/mol. The van der Waals surface area contributed by atoms with Crippen LogP contribution in [0.15, 0.2) is 53.5 Å². The lowest BCUT2D eigenvalue weighted by atomic mass is 9.82. The van der Waals surface area contributed by atoms with Crippen molar-refractivity contribution >= 4 is 22.4 Å². The van der Waals surface area contributed by atoms with Gasteiger partial charge in [0.05, 0.1) is 22.8 Å². The fraction of sp³-hybridized carbons (Fsp3) is 0.273. The topological polar surface area (TPSA) is 65.9 Å². The molecule has 1 aromatic heterocycles. The predicted octanol–water partition coefficient (Wildman–Crippen LogP) is 5.16. The second-order valence-corrected chi connectivity index (χ2v) is 7.41. The molecule has 0 aliphatic heterocycles. The van der Waals surface area contributed by atoms with Crippen molar-refractivity contribution in [1.29, 1.82) is 5.26 Å². The second kappa shape index (κ2) is 7.46. The van der Waals surface area contributed by atoms with Crippen LogP contribution in [0.1, 0.15) is 42.7 Å². The van der Waals surface area contributed by atoms with Gasteiger partial charge < -0.3 is 9.72 Å². The van der Waals surface area contributed by atoms with E-state index < -0.39 is 0 Å². The first-order valence-corrected chi connectivity index (χ1v) is 9.49. The molecule has 0 bridgehead atoms. The number of halogens is 1. The smallest absolute Gasteiger partial charge is 0.255 e. The summed E-state index contributed by atoms with van der Waals surface area (Å²) in [5.41, 5.74) is 1.83. The van der Waals surface area contributed by atoms with Gasteiger partial charge in [-0.15, -0.1) is 0 Å². The fourth-order valence-electron chi connectivity index (χ4n) is 3.80. The van der Waals surface area contributed by atoms with E-state index in [4.69, 9.17) is 21.6 Å². The molecule has 27 heavy (non-hydrogen) atoms.